The number of benzene rings is 2. The molecule has 140 valence electrons. The summed E-state index contributed by atoms with van der Waals surface area (Å²) in [5.41, 5.74) is 4.00. The molecule has 0 atom stereocenters. The lowest BCUT2D eigenvalue weighted by molar-refractivity contribution is -0.0290. The fourth-order valence-electron chi connectivity index (χ4n) is 3.52. The van der Waals surface area contributed by atoms with Gasteiger partial charge in [-0.1, -0.05) is 36.4 Å². The minimum absolute atomic E-state index is 0.426. The molecule has 0 unspecified atom stereocenters. The molecule has 3 aromatic rings. The van der Waals surface area contributed by atoms with Gasteiger partial charge in [0.05, 0.1) is 18.4 Å². The highest BCUT2D eigenvalue weighted by Crippen LogP contribution is 2.27. The van der Waals surface area contributed by atoms with Gasteiger partial charge in [0.25, 0.3) is 0 Å². The molecule has 1 aromatic heterocycles. The van der Waals surface area contributed by atoms with E-state index >= 15 is 0 Å². The second-order valence-corrected chi connectivity index (χ2v) is 7.04. The van der Waals surface area contributed by atoms with Gasteiger partial charge in [-0.05, 0) is 35.7 Å². The van der Waals surface area contributed by atoms with Crippen molar-refractivity contribution in [2.45, 2.75) is 18.4 Å². The quantitative estimate of drug-likeness (QED) is 0.679. The van der Waals surface area contributed by atoms with Crippen LogP contribution in [0.4, 0.5) is 5.95 Å². The first kappa shape index (κ1) is 17.9. The van der Waals surface area contributed by atoms with Crippen LogP contribution in [0.1, 0.15) is 12.8 Å². The summed E-state index contributed by atoms with van der Waals surface area (Å²) in [6.07, 6.45) is 3.10. The van der Waals surface area contributed by atoms with Crippen molar-refractivity contribution in [2.75, 3.05) is 31.6 Å². The van der Waals surface area contributed by atoms with Crippen LogP contribution in [0.3, 0.4) is 0 Å². The standard InChI is InChI=1S/C21H24N4O2/c1-27-23-15-21(26)9-12-25(13-10-21)20-22-11-8-19(24-20)18-7-6-16-4-2-3-5-17(16)14-18/h2-8,11,14,23,26H,9-10,12-13,15H2,1H3. The van der Waals surface area contributed by atoms with Crippen molar-refractivity contribution >= 4 is 16.7 Å². The van der Waals surface area contributed by atoms with Crippen molar-refractivity contribution in [1.29, 1.82) is 0 Å². The molecule has 6 nitrogen and oxygen atoms in total. The van der Waals surface area contributed by atoms with Gasteiger partial charge in [0.2, 0.25) is 5.95 Å². The van der Waals surface area contributed by atoms with Crippen LogP contribution in [0.15, 0.2) is 54.7 Å². The second-order valence-electron chi connectivity index (χ2n) is 7.04. The highest BCUT2D eigenvalue weighted by molar-refractivity contribution is 5.86. The highest BCUT2D eigenvalue weighted by Gasteiger charge is 2.33. The lowest BCUT2D eigenvalue weighted by atomic mass is 9.92. The molecule has 27 heavy (non-hydrogen) atoms. The molecule has 0 bridgehead atoms. The molecule has 1 aliphatic heterocycles. The van der Waals surface area contributed by atoms with E-state index in [1.807, 2.05) is 18.2 Å². The lowest BCUT2D eigenvalue weighted by Crippen LogP contribution is -2.50. The van der Waals surface area contributed by atoms with E-state index in [-0.39, 0.29) is 0 Å². The molecule has 1 saturated heterocycles. The van der Waals surface area contributed by atoms with E-state index in [0.717, 1.165) is 11.3 Å². The Morgan fingerprint density at radius 2 is 1.89 bits per heavy atom. The summed E-state index contributed by atoms with van der Waals surface area (Å²) in [6, 6.07) is 16.6. The Bertz CT molecular complexity index is 923. The first-order chi connectivity index (χ1) is 13.2. The van der Waals surface area contributed by atoms with Gasteiger partial charge in [-0.15, -0.1) is 0 Å². The monoisotopic (exact) mass is 364 g/mol. The van der Waals surface area contributed by atoms with Crippen molar-refractivity contribution < 1.29 is 9.94 Å². The molecule has 1 aliphatic rings. The molecular weight excluding hydrogens is 340 g/mol. The molecule has 0 aliphatic carbocycles. The summed E-state index contributed by atoms with van der Waals surface area (Å²) in [7, 11) is 1.56. The number of nitrogens with zero attached hydrogens (tertiary/aromatic N) is 3. The number of hydrogen-bond acceptors (Lipinski definition) is 6. The number of piperidine rings is 1. The predicted molar refractivity (Wildman–Crippen MR) is 106 cm³/mol. The maximum atomic E-state index is 10.6. The number of aromatic nitrogens is 2. The molecule has 1 fully saturated rings. The van der Waals surface area contributed by atoms with E-state index < -0.39 is 5.60 Å². The molecule has 0 amide bonds. The summed E-state index contributed by atoms with van der Waals surface area (Å²) >= 11 is 0. The Hall–Kier alpha value is -2.54. The van der Waals surface area contributed by atoms with Crippen LogP contribution in [-0.2, 0) is 4.84 Å². The number of hydroxylamine groups is 1. The van der Waals surface area contributed by atoms with E-state index in [0.29, 0.717) is 38.4 Å². The Labute approximate surface area is 158 Å². The third kappa shape index (κ3) is 3.93. The number of fused-ring (bicyclic) bond motifs is 1. The van der Waals surface area contributed by atoms with Gasteiger partial charge in [-0.2, -0.15) is 0 Å². The first-order valence-corrected chi connectivity index (χ1v) is 9.22. The Morgan fingerprint density at radius 1 is 1.11 bits per heavy atom. The zero-order valence-electron chi connectivity index (χ0n) is 15.4. The minimum atomic E-state index is -0.748. The number of anilines is 1. The van der Waals surface area contributed by atoms with Crippen LogP contribution < -0.4 is 10.4 Å². The van der Waals surface area contributed by atoms with Gasteiger partial charge in [-0.3, -0.25) is 0 Å². The van der Waals surface area contributed by atoms with Gasteiger partial charge in [-0.25, -0.2) is 15.4 Å². The van der Waals surface area contributed by atoms with Crippen LogP contribution >= 0.6 is 0 Å². The van der Waals surface area contributed by atoms with Crippen LogP contribution in [0.25, 0.3) is 22.0 Å². The zero-order valence-corrected chi connectivity index (χ0v) is 15.4. The predicted octanol–water partition coefficient (Wildman–Crippen LogP) is 2.78. The van der Waals surface area contributed by atoms with Crippen molar-refractivity contribution in [1.82, 2.24) is 15.4 Å². The normalized spacial score (nSPS) is 16.6. The number of aliphatic hydroxyl groups is 1. The highest BCUT2D eigenvalue weighted by atomic mass is 16.6. The largest absolute Gasteiger partial charge is 0.388 e. The van der Waals surface area contributed by atoms with Crippen LogP contribution in [-0.4, -0.2) is 47.4 Å². The van der Waals surface area contributed by atoms with E-state index in [4.69, 9.17) is 9.82 Å². The molecule has 0 saturated carbocycles. The summed E-state index contributed by atoms with van der Waals surface area (Å²) in [4.78, 5) is 16.2. The van der Waals surface area contributed by atoms with Gasteiger partial charge in [0.15, 0.2) is 0 Å². The van der Waals surface area contributed by atoms with E-state index in [2.05, 4.69) is 45.7 Å². The lowest BCUT2D eigenvalue weighted by Gasteiger charge is -2.38. The number of rotatable bonds is 5. The van der Waals surface area contributed by atoms with Gasteiger partial charge < -0.3 is 14.8 Å². The number of nitrogens with one attached hydrogen (secondary N) is 1. The van der Waals surface area contributed by atoms with Gasteiger partial charge >= 0.3 is 0 Å². The Balaban J connectivity index is 1.52. The fraction of sp³-hybridized carbons (Fsp3) is 0.333. The minimum Gasteiger partial charge on any atom is -0.388 e. The van der Waals surface area contributed by atoms with Crippen molar-refractivity contribution in [2.24, 2.45) is 0 Å². The van der Waals surface area contributed by atoms with Gasteiger partial charge in [0, 0.05) is 31.4 Å². The molecule has 2 N–H and O–H groups in total. The average Bonchev–Trinajstić information content (AvgIpc) is 2.72. The van der Waals surface area contributed by atoms with Gasteiger partial charge in [0.1, 0.15) is 0 Å². The summed E-state index contributed by atoms with van der Waals surface area (Å²) in [5.74, 6) is 0.711. The molecule has 6 heteroatoms. The average molecular weight is 364 g/mol. The summed E-state index contributed by atoms with van der Waals surface area (Å²) in [5, 5.41) is 13.0. The van der Waals surface area contributed by atoms with Crippen molar-refractivity contribution in [3.05, 3.63) is 54.7 Å². The first-order valence-electron chi connectivity index (χ1n) is 9.22. The third-order valence-corrected chi connectivity index (χ3v) is 5.21. The van der Waals surface area contributed by atoms with Crippen molar-refractivity contribution in [3.63, 3.8) is 0 Å². The maximum absolute atomic E-state index is 10.6. The zero-order chi connectivity index (χ0) is 18.7. The fourth-order valence-corrected chi connectivity index (χ4v) is 3.52. The SMILES string of the molecule is CONCC1(O)CCN(c2nccc(-c3ccc4ccccc4c3)n2)CC1. The topological polar surface area (TPSA) is 70.5 Å². The van der Waals surface area contributed by atoms with E-state index in [1.54, 1.807) is 13.3 Å². The number of hydrogen-bond donors (Lipinski definition) is 2. The van der Waals surface area contributed by atoms with Crippen LogP contribution in [0.5, 0.6) is 0 Å². The summed E-state index contributed by atoms with van der Waals surface area (Å²) < 4.78 is 0. The van der Waals surface area contributed by atoms with Crippen molar-refractivity contribution in [3.8, 4) is 11.3 Å². The molecule has 0 radical (unpaired) electrons. The second kappa shape index (κ2) is 7.60. The molecule has 2 aromatic carbocycles. The summed E-state index contributed by atoms with van der Waals surface area (Å²) in [6.45, 7) is 1.85. The molecule has 0 spiro atoms. The third-order valence-electron chi connectivity index (χ3n) is 5.21. The van der Waals surface area contributed by atoms with E-state index in [9.17, 15) is 5.11 Å². The molecular formula is C21H24N4O2. The van der Waals surface area contributed by atoms with E-state index in [1.165, 1.54) is 10.8 Å². The molecule has 2 heterocycles. The smallest absolute Gasteiger partial charge is 0.225 e. The van der Waals surface area contributed by atoms with Crippen LogP contribution in [0, 0.1) is 0 Å². The van der Waals surface area contributed by atoms with Crippen LogP contribution in [0.2, 0.25) is 0 Å². The Morgan fingerprint density at radius 3 is 2.67 bits per heavy atom. The molecule has 4 rings (SSSR count). The maximum Gasteiger partial charge on any atom is 0.225 e. The Kier molecular flexibility index (Phi) is 5.03.